The Kier molecular flexibility index (Phi) is 3.00. The highest BCUT2D eigenvalue weighted by atomic mass is 35.5. The van der Waals surface area contributed by atoms with Gasteiger partial charge in [0.15, 0.2) is 0 Å². The number of anilines is 1. The van der Waals surface area contributed by atoms with Crippen molar-refractivity contribution in [3.8, 4) is 0 Å². The van der Waals surface area contributed by atoms with E-state index in [-0.39, 0.29) is 15.7 Å². The lowest BCUT2D eigenvalue weighted by Gasteiger charge is -2.03. The van der Waals surface area contributed by atoms with Gasteiger partial charge in [0, 0.05) is 5.02 Å². The zero-order valence-electron chi connectivity index (χ0n) is 6.09. The molecule has 0 unspecified atom stereocenters. The first-order valence-electron chi connectivity index (χ1n) is 3.06. The number of hydrogen-bond donors (Lipinski definition) is 1. The minimum Gasteiger partial charge on any atom is -0.256 e. The van der Waals surface area contributed by atoms with Crippen LogP contribution in [0.4, 0.5) is 9.57 Å². The Morgan fingerprint density at radius 2 is 1.92 bits per heavy atom. The van der Waals surface area contributed by atoms with Gasteiger partial charge in [-0.2, -0.15) is 8.42 Å². The van der Waals surface area contributed by atoms with Crippen LogP contribution in [0, 0.1) is 0 Å². The minimum absolute atomic E-state index is 0.0747. The van der Waals surface area contributed by atoms with Gasteiger partial charge in [-0.25, -0.2) is 0 Å². The highest BCUT2D eigenvalue weighted by Crippen LogP contribution is 2.26. The summed E-state index contributed by atoms with van der Waals surface area (Å²) in [6, 6.07) is 4.03. The molecule has 0 amide bonds. The molecule has 0 fully saturated rings. The summed E-state index contributed by atoms with van der Waals surface area (Å²) in [5.74, 6) is 0. The molecular weight excluding hydrogens is 240 g/mol. The van der Waals surface area contributed by atoms with Crippen molar-refractivity contribution in [2.45, 2.75) is 0 Å². The molecule has 1 aromatic rings. The standard InChI is InChI=1S/C6H4Cl2FNO2S/c7-4-1-2-5(8)6(3-4)10-13(9,11)12/h1-3,10H. The van der Waals surface area contributed by atoms with E-state index in [9.17, 15) is 12.3 Å². The summed E-state index contributed by atoms with van der Waals surface area (Å²) in [7, 11) is -4.81. The third-order valence-corrected chi connectivity index (χ3v) is 2.19. The van der Waals surface area contributed by atoms with Crippen LogP contribution in [0.25, 0.3) is 0 Å². The van der Waals surface area contributed by atoms with Gasteiger partial charge in [-0.1, -0.05) is 27.1 Å². The van der Waals surface area contributed by atoms with Crippen LogP contribution < -0.4 is 4.72 Å². The van der Waals surface area contributed by atoms with E-state index in [1.54, 1.807) is 4.72 Å². The number of benzene rings is 1. The predicted molar refractivity (Wildman–Crippen MR) is 50.1 cm³/mol. The van der Waals surface area contributed by atoms with Crippen LogP contribution in [0.3, 0.4) is 0 Å². The molecule has 13 heavy (non-hydrogen) atoms. The topological polar surface area (TPSA) is 46.2 Å². The fourth-order valence-corrected chi connectivity index (χ4v) is 1.53. The Bertz CT molecular complexity index is 421. The summed E-state index contributed by atoms with van der Waals surface area (Å²) in [6.07, 6.45) is 0. The van der Waals surface area contributed by atoms with Crippen LogP contribution in [-0.2, 0) is 10.4 Å². The predicted octanol–water partition coefficient (Wildman–Crippen LogP) is 2.62. The van der Waals surface area contributed by atoms with Crippen molar-refractivity contribution in [1.82, 2.24) is 0 Å². The van der Waals surface area contributed by atoms with Crippen molar-refractivity contribution in [1.29, 1.82) is 0 Å². The maximum atomic E-state index is 12.1. The molecule has 0 aromatic heterocycles. The molecule has 0 heterocycles. The van der Waals surface area contributed by atoms with Gasteiger partial charge in [0.2, 0.25) is 0 Å². The molecule has 0 radical (unpaired) electrons. The average Bonchev–Trinajstić information content (AvgIpc) is 1.94. The summed E-state index contributed by atoms with van der Waals surface area (Å²) in [5.41, 5.74) is -0.0864. The number of nitrogens with one attached hydrogen (secondary N) is 1. The molecule has 0 atom stereocenters. The summed E-state index contributed by atoms with van der Waals surface area (Å²) < 4.78 is 34.1. The highest BCUT2D eigenvalue weighted by molar-refractivity contribution is 7.87. The SMILES string of the molecule is O=S(=O)(F)Nc1cc(Cl)ccc1Cl. The normalized spacial score (nSPS) is 11.3. The molecule has 3 nitrogen and oxygen atoms in total. The van der Waals surface area contributed by atoms with Crippen molar-refractivity contribution in [3.05, 3.63) is 28.2 Å². The number of halogens is 3. The first-order valence-corrected chi connectivity index (χ1v) is 5.20. The Balaban J connectivity index is 3.08. The molecule has 72 valence electrons. The third-order valence-electron chi connectivity index (χ3n) is 1.16. The van der Waals surface area contributed by atoms with Crippen LogP contribution in [0.15, 0.2) is 18.2 Å². The quantitative estimate of drug-likeness (QED) is 0.812. The van der Waals surface area contributed by atoms with Gasteiger partial charge in [0.25, 0.3) is 0 Å². The summed E-state index contributed by atoms with van der Waals surface area (Å²) in [5, 5.41) is 0.334. The van der Waals surface area contributed by atoms with Gasteiger partial charge in [-0.3, -0.25) is 4.72 Å². The highest BCUT2D eigenvalue weighted by Gasteiger charge is 2.09. The van der Waals surface area contributed by atoms with Gasteiger partial charge in [0.05, 0.1) is 10.7 Å². The van der Waals surface area contributed by atoms with Gasteiger partial charge >= 0.3 is 10.4 Å². The van der Waals surface area contributed by atoms with Crippen molar-refractivity contribution >= 4 is 39.3 Å². The van der Waals surface area contributed by atoms with E-state index < -0.39 is 10.4 Å². The smallest absolute Gasteiger partial charge is 0.256 e. The zero-order chi connectivity index (χ0) is 10.1. The van der Waals surface area contributed by atoms with E-state index in [1.165, 1.54) is 18.2 Å². The Morgan fingerprint density at radius 3 is 2.46 bits per heavy atom. The molecule has 0 saturated heterocycles. The second-order valence-electron chi connectivity index (χ2n) is 2.16. The lowest BCUT2D eigenvalue weighted by molar-refractivity contribution is 0.558. The molecular formula is C6H4Cl2FNO2S. The van der Waals surface area contributed by atoms with E-state index in [4.69, 9.17) is 23.2 Å². The molecule has 0 saturated carbocycles. The summed E-state index contributed by atoms with van der Waals surface area (Å²) >= 11 is 11.1. The molecule has 0 aliphatic carbocycles. The van der Waals surface area contributed by atoms with Gasteiger partial charge in [0.1, 0.15) is 0 Å². The molecule has 7 heteroatoms. The fraction of sp³-hybridized carbons (Fsp3) is 0. The van der Waals surface area contributed by atoms with Crippen molar-refractivity contribution in [3.63, 3.8) is 0 Å². The zero-order valence-corrected chi connectivity index (χ0v) is 8.42. The van der Waals surface area contributed by atoms with Crippen LogP contribution in [0.2, 0.25) is 10.0 Å². The molecule has 1 aromatic carbocycles. The van der Waals surface area contributed by atoms with E-state index in [2.05, 4.69) is 0 Å². The lowest BCUT2D eigenvalue weighted by atomic mass is 10.3. The molecule has 1 N–H and O–H groups in total. The van der Waals surface area contributed by atoms with Crippen molar-refractivity contribution < 1.29 is 12.3 Å². The molecule has 0 aliphatic heterocycles. The summed E-state index contributed by atoms with van der Waals surface area (Å²) in [6.45, 7) is 0. The second-order valence-corrected chi connectivity index (χ2v) is 4.09. The summed E-state index contributed by atoms with van der Waals surface area (Å²) in [4.78, 5) is 0. The largest absolute Gasteiger partial charge is 0.397 e. The Hall–Kier alpha value is -0.520. The van der Waals surface area contributed by atoms with Crippen molar-refractivity contribution in [2.75, 3.05) is 4.72 Å². The van der Waals surface area contributed by atoms with Gasteiger partial charge in [-0.15, -0.1) is 0 Å². The van der Waals surface area contributed by atoms with Crippen molar-refractivity contribution in [2.24, 2.45) is 0 Å². The second kappa shape index (κ2) is 3.69. The van der Waals surface area contributed by atoms with E-state index >= 15 is 0 Å². The third kappa shape index (κ3) is 3.38. The van der Waals surface area contributed by atoms with E-state index in [0.717, 1.165) is 0 Å². The van der Waals surface area contributed by atoms with Gasteiger partial charge in [-0.05, 0) is 18.2 Å². The first-order chi connectivity index (χ1) is 5.88. The maximum absolute atomic E-state index is 12.1. The number of hydrogen-bond acceptors (Lipinski definition) is 2. The van der Waals surface area contributed by atoms with E-state index in [0.29, 0.717) is 0 Å². The van der Waals surface area contributed by atoms with E-state index in [1.807, 2.05) is 0 Å². The lowest BCUT2D eigenvalue weighted by Crippen LogP contribution is -2.05. The Labute approximate surface area is 84.8 Å². The van der Waals surface area contributed by atoms with Crippen LogP contribution in [0.1, 0.15) is 0 Å². The fourth-order valence-electron chi connectivity index (χ4n) is 0.707. The molecule has 0 bridgehead atoms. The molecule has 1 rings (SSSR count). The molecule has 0 aliphatic rings. The molecule has 0 spiro atoms. The monoisotopic (exact) mass is 243 g/mol. The van der Waals surface area contributed by atoms with Crippen LogP contribution >= 0.6 is 23.2 Å². The minimum atomic E-state index is -4.81. The number of rotatable bonds is 2. The van der Waals surface area contributed by atoms with Crippen LogP contribution in [0.5, 0.6) is 0 Å². The average molecular weight is 244 g/mol. The maximum Gasteiger partial charge on any atom is 0.397 e. The van der Waals surface area contributed by atoms with Crippen LogP contribution in [-0.4, -0.2) is 8.42 Å². The van der Waals surface area contributed by atoms with Gasteiger partial charge < -0.3 is 0 Å². The Morgan fingerprint density at radius 1 is 1.31 bits per heavy atom. The first kappa shape index (κ1) is 10.6.